The van der Waals surface area contributed by atoms with Crippen molar-refractivity contribution in [2.75, 3.05) is 11.9 Å². The summed E-state index contributed by atoms with van der Waals surface area (Å²) in [6.07, 6.45) is 1.52. The maximum atomic E-state index is 12.5. The number of hydrogen-bond donors (Lipinski definition) is 2. The van der Waals surface area contributed by atoms with Gasteiger partial charge in [0.2, 0.25) is 9.49 Å². The zero-order chi connectivity index (χ0) is 21.2. The smallest absolute Gasteiger partial charge is 0.354 e. The number of rotatable bonds is 6. The van der Waals surface area contributed by atoms with Gasteiger partial charge in [0, 0.05) is 5.25 Å². The summed E-state index contributed by atoms with van der Waals surface area (Å²) < 4.78 is 3.11. The highest BCUT2D eigenvalue weighted by Gasteiger charge is 2.54. The molecule has 0 aromatic carbocycles. The average Bonchev–Trinajstić information content (AvgIpc) is 2.63. The molecule has 0 radical (unpaired) electrons. The minimum Gasteiger partial charge on any atom is -0.509 e. The molecule has 3 atom stereocenters. The second kappa shape index (κ2) is 9.21. The van der Waals surface area contributed by atoms with Gasteiger partial charge in [-0.2, -0.15) is 0 Å². The lowest BCUT2D eigenvalue weighted by molar-refractivity contribution is -0.152. The van der Waals surface area contributed by atoms with Crippen molar-refractivity contribution in [3.8, 4) is 0 Å². The first-order valence-electron chi connectivity index (χ1n) is 7.56. The number of allylic oxidation sites excluding steroid dienone is 1. The maximum absolute atomic E-state index is 12.5. The van der Waals surface area contributed by atoms with Crippen molar-refractivity contribution in [3.63, 3.8) is 0 Å². The third-order valence-corrected chi connectivity index (χ3v) is 5.80. The molecule has 2 N–H and O–H groups in total. The fourth-order valence-electron chi connectivity index (χ4n) is 2.44. The molecule has 0 spiro atoms. The van der Waals surface area contributed by atoms with Crippen molar-refractivity contribution >= 4 is 80.3 Å². The molecule has 2 heterocycles. The molecule has 2 unspecified atom stereocenters. The molecule has 2 aliphatic heterocycles. The summed E-state index contributed by atoms with van der Waals surface area (Å²) in [4.78, 5) is 48.8. The van der Waals surface area contributed by atoms with E-state index >= 15 is 0 Å². The number of alkyl halides is 4. The number of thioether (sulfide) groups is 1. The minimum absolute atomic E-state index is 0.0337. The fourth-order valence-corrected chi connectivity index (χ4v) is 4.20. The first-order valence-corrected chi connectivity index (χ1v) is 10.8. The van der Waals surface area contributed by atoms with Gasteiger partial charge in [-0.3, -0.25) is 14.5 Å². The zero-order valence-electron chi connectivity index (χ0n) is 14.0. The van der Waals surface area contributed by atoms with Crippen LogP contribution >= 0.6 is 62.5 Å². The van der Waals surface area contributed by atoms with Gasteiger partial charge >= 0.3 is 5.97 Å². The van der Waals surface area contributed by atoms with Crippen LogP contribution in [0.5, 0.6) is 0 Å². The lowest BCUT2D eigenvalue weighted by Gasteiger charge is -2.49. The van der Waals surface area contributed by atoms with Gasteiger partial charge in [-0.25, -0.2) is 4.79 Å². The predicted octanol–water partition coefficient (Wildman–Crippen LogP) is 2.50. The molecule has 0 saturated carbocycles. The predicted molar refractivity (Wildman–Crippen MR) is 108 cm³/mol. The molecule has 0 aliphatic carbocycles. The molecular weight excluding hydrogens is 524 g/mol. The van der Waals surface area contributed by atoms with Gasteiger partial charge in [0.05, 0.1) is 5.33 Å². The summed E-state index contributed by atoms with van der Waals surface area (Å²) in [6, 6.07) is -1.02. The number of carbonyl (C=O) groups is 3. The number of aliphatic hydroxyl groups is 1. The number of amides is 2. The summed E-state index contributed by atoms with van der Waals surface area (Å²) in [5.74, 6) is -3.03. The summed E-state index contributed by atoms with van der Waals surface area (Å²) in [5.41, 5.74) is -0.775. The number of ether oxygens (including phenoxy) is 1. The van der Waals surface area contributed by atoms with Crippen LogP contribution in [-0.4, -0.2) is 60.2 Å². The molecule has 0 bridgehead atoms. The topological polar surface area (TPSA) is 125 Å². The van der Waals surface area contributed by atoms with E-state index in [1.165, 1.54) is 17.8 Å². The second-order valence-corrected chi connectivity index (χ2v) is 10.2. The number of esters is 1. The molecule has 14 heteroatoms. The Morgan fingerprint density at radius 3 is 2.64 bits per heavy atom. The van der Waals surface area contributed by atoms with Crippen molar-refractivity contribution in [1.82, 2.24) is 10.2 Å². The van der Waals surface area contributed by atoms with Crippen LogP contribution in [0.2, 0.25) is 0 Å². The number of aliphatic hydroxyl groups excluding tert-OH is 1. The van der Waals surface area contributed by atoms with Crippen LogP contribution < -0.4 is 5.32 Å². The van der Waals surface area contributed by atoms with E-state index in [4.69, 9.17) is 39.5 Å². The van der Waals surface area contributed by atoms with E-state index in [0.29, 0.717) is 0 Å². The van der Waals surface area contributed by atoms with E-state index in [0.717, 1.165) is 4.90 Å². The summed E-state index contributed by atoms with van der Waals surface area (Å²) in [6.45, 7) is 1.27. The van der Waals surface area contributed by atoms with Gasteiger partial charge in [-0.05, 0) is 18.2 Å². The number of nitrogens with one attached hydrogen (secondary N) is 1. The highest BCUT2D eigenvalue weighted by molar-refractivity contribution is 9.09. The molecule has 2 aliphatic rings. The van der Waals surface area contributed by atoms with E-state index in [-0.39, 0.29) is 16.3 Å². The van der Waals surface area contributed by atoms with Crippen LogP contribution in [0.1, 0.15) is 6.92 Å². The van der Waals surface area contributed by atoms with Crippen molar-refractivity contribution in [3.05, 3.63) is 28.1 Å². The summed E-state index contributed by atoms with van der Waals surface area (Å²) in [5, 5.41) is 13.4. The van der Waals surface area contributed by atoms with Crippen molar-refractivity contribution in [2.45, 2.75) is 27.4 Å². The number of nitrogens with zero attached hydrogens (tertiary/aromatic N) is 2. The molecule has 154 valence electrons. The Bertz CT molecular complexity index is 772. The SMILES string of the molecule is CC1C=C(C(=O)OCC(Cl)(Cl)Cl)N2C(=O)C(NC(=O)C(N=O)=C(O)CBr)[C@H]2S1. The largest absolute Gasteiger partial charge is 0.509 e. The van der Waals surface area contributed by atoms with Crippen molar-refractivity contribution < 1.29 is 24.2 Å². The molecule has 1 fully saturated rings. The van der Waals surface area contributed by atoms with E-state index in [1.807, 2.05) is 0 Å². The maximum Gasteiger partial charge on any atom is 0.354 e. The van der Waals surface area contributed by atoms with E-state index in [1.54, 1.807) is 6.92 Å². The highest BCUT2D eigenvalue weighted by atomic mass is 79.9. The average molecular weight is 538 g/mol. The lowest BCUT2D eigenvalue weighted by atomic mass is 10.0. The Morgan fingerprint density at radius 2 is 2.11 bits per heavy atom. The fraction of sp³-hybridized carbons (Fsp3) is 0.500. The monoisotopic (exact) mass is 535 g/mol. The molecule has 0 aromatic heterocycles. The van der Waals surface area contributed by atoms with E-state index in [2.05, 4.69) is 26.4 Å². The molecule has 2 rings (SSSR count). The first kappa shape index (κ1) is 23.3. The molecule has 0 aromatic rings. The summed E-state index contributed by atoms with van der Waals surface area (Å²) in [7, 11) is 0. The second-order valence-electron chi connectivity index (χ2n) is 5.65. The molecule has 2 amide bonds. The third kappa shape index (κ3) is 5.12. The van der Waals surface area contributed by atoms with Gasteiger partial charge in [0.15, 0.2) is 0 Å². The molecular formula is C14H13BrCl3N3O6S. The molecule has 1 saturated heterocycles. The Morgan fingerprint density at radius 1 is 1.46 bits per heavy atom. The van der Waals surface area contributed by atoms with Gasteiger partial charge in [0.25, 0.3) is 11.8 Å². The van der Waals surface area contributed by atoms with Crippen LogP contribution in [-0.2, 0) is 19.1 Å². The van der Waals surface area contributed by atoms with Gasteiger partial charge in [0.1, 0.15) is 29.5 Å². The zero-order valence-corrected chi connectivity index (χ0v) is 18.7. The van der Waals surface area contributed by atoms with Gasteiger partial charge in [-0.1, -0.05) is 50.7 Å². The Labute approximate surface area is 186 Å². The van der Waals surface area contributed by atoms with Gasteiger partial charge in [-0.15, -0.1) is 16.7 Å². The number of halogens is 4. The Hall–Kier alpha value is -1.01. The highest BCUT2D eigenvalue weighted by Crippen LogP contribution is 2.41. The lowest BCUT2D eigenvalue weighted by Crippen LogP contribution is -2.70. The number of carbonyl (C=O) groups excluding carboxylic acids is 3. The Kier molecular flexibility index (Phi) is 7.65. The normalized spacial score (nSPS) is 25.0. The Balaban J connectivity index is 2.13. The van der Waals surface area contributed by atoms with E-state index in [9.17, 15) is 24.4 Å². The van der Waals surface area contributed by atoms with E-state index < -0.39 is 51.1 Å². The van der Waals surface area contributed by atoms with Crippen LogP contribution in [0.3, 0.4) is 0 Å². The number of nitroso groups, excluding NO2 is 1. The van der Waals surface area contributed by atoms with Crippen LogP contribution in [0.4, 0.5) is 0 Å². The van der Waals surface area contributed by atoms with Gasteiger partial charge < -0.3 is 15.2 Å². The van der Waals surface area contributed by atoms with Crippen LogP contribution in [0.25, 0.3) is 0 Å². The number of hydrogen-bond acceptors (Lipinski definition) is 8. The minimum atomic E-state index is -1.80. The number of β-lactam (4-membered cyclic amide) rings is 1. The molecule has 9 nitrogen and oxygen atoms in total. The first-order chi connectivity index (χ1) is 13.0. The van der Waals surface area contributed by atoms with Crippen molar-refractivity contribution in [1.29, 1.82) is 0 Å². The van der Waals surface area contributed by atoms with Crippen LogP contribution in [0, 0.1) is 4.91 Å². The van der Waals surface area contributed by atoms with Crippen LogP contribution in [0.15, 0.2) is 28.4 Å². The third-order valence-electron chi connectivity index (χ3n) is 3.62. The van der Waals surface area contributed by atoms with Crippen molar-refractivity contribution in [2.24, 2.45) is 5.18 Å². The standard InChI is InChI=1S/C14H13BrCl3N3O6S/c1-5-2-6(13(25)27-4-14(16,17)18)21-11(24)9(12(21)28-5)19-10(23)8(20-26)7(22)3-15/h2,5,9,12,22H,3-4H2,1H3,(H,19,23)/t5?,9?,12-/m1/s1. The number of fused-ring (bicyclic) bond motifs is 1. The summed E-state index contributed by atoms with van der Waals surface area (Å²) >= 11 is 20.9. The quantitative estimate of drug-likeness (QED) is 0.133. The molecule has 28 heavy (non-hydrogen) atoms.